The molecule has 1 fully saturated rings. The van der Waals surface area contributed by atoms with Gasteiger partial charge in [0.15, 0.2) is 0 Å². The van der Waals surface area contributed by atoms with Gasteiger partial charge in [-0.05, 0) is 44.2 Å². The molecule has 6 heteroatoms. The number of hydrogen-bond acceptors (Lipinski definition) is 4. The van der Waals surface area contributed by atoms with Crippen molar-refractivity contribution in [3.8, 4) is 5.75 Å². The van der Waals surface area contributed by atoms with Crippen molar-refractivity contribution in [3.05, 3.63) is 24.3 Å². The van der Waals surface area contributed by atoms with Crippen LogP contribution in [0, 0.1) is 0 Å². The molecule has 1 aliphatic heterocycles. The third kappa shape index (κ3) is 5.36. The van der Waals surface area contributed by atoms with Crippen LogP contribution in [0.4, 0.5) is 5.69 Å². The first kappa shape index (κ1) is 16.8. The number of rotatable bonds is 6. The fourth-order valence-corrected chi connectivity index (χ4v) is 1.97. The largest absolute Gasteiger partial charge is 0.491 e. The zero-order chi connectivity index (χ0) is 13.5. The fraction of sp³-hybridized carbons (Fsp3) is 0.500. The molecule has 5 nitrogen and oxygen atoms in total. The van der Waals surface area contributed by atoms with Crippen LogP contribution in [0.25, 0.3) is 0 Å². The van der Waals surface area contributed by atoms with E-state index in [-0.39, 0.29) is 24.4 Å². The van der Waals surface area contributed by atoms with Crippen molar-refractivity contribution in [3.63, 3.8) is 0 Å². The number of halogens is 1. The highest BCUT2D eigenvalue weighted by Gasteiger charge is 2.15. The summed E-state index contributed by atoms with van der Waals surface area (Å²) < 4.78 is 11.1. The second kappa shape index (κ2) is 8.79. The molecule has 1 aromatic carbocycles. The van der Waals surface area contributed by atoms with Crippen molar-refractivity contribution in [1.82, 2.24) is 5.32 Å². The first-order chi connectivity index (χ1) is 9.28. The average molecular weight is 301 g/mol. The molecule has 112 valence electrons. The molecule has 1 amide bonds. The van der Waals surface area contributed by atoms with Crippen LogP contribution in [0.3, 0.4) is 0 Å². The second-order valence-corrected chi connectivity index (χ2v) is 4.55. The molecule has 0 bridgehead atoms. The van der Waals surface area contributed by atoms with Crippen LogP contribution in [0.15, 0.2) is 24.3 Å². The van der Waals surface area contributed by atoms with Crippen molar-refractivity contribution >= 4 is 24.0 Å². The van der Waals surface area contributed by atoms with E-state index in [1.807, 2.05) is 24.3 Å². The topological polar surface area (TPSA) is 59.6 Å². The molecule has 20 heavy (non-hydrogen) atoms. The predicted molar refractivity (Wildman–Crippen MR) is 80.7 cm³/mol. The third-order valence-corrected chi connectivity index (χ3v) is 2.94. The normalized spacial score (nSPS) is 17.4. The van der Waals surface area contributed by atoms with Gasteiger partial charge in [-0.25, -0.2) is 0 Å². The lowest BCUT2D eigenvalue weighted by Crippen LogP contribution is -2.24. The van der Waals surface area contributed by atoms with Gasteiger partial charge >= 0.3 is 0 Å². The standard InChI is InChI=1S/C14H20N2O3.ClH/c1-15-9-14(17)16-11-4-6-12(7-5-11)19-10-13-3-2-8-18-13;/h4-7,13,15H,2-3,8-10H2,1H3,(H,16,17);1H. The lowest BCUT2D eigenvalue weighted by Gasteiger charge is -2.12. The molecule has 1 aromatic rings. The first-order valence-corrected chi connectivity index (χ1v) is 6.57. The van der Waals surface area contributed by atoms with E-state index in [0.29, 0.717) is 13.2 Å². The highest BCUT2D eigenvalue weighted by molar-refractivity contribution is 5.92. The summed E-state index contributed by atoms with van der Waals surface area (Å²) >= 11 is 0. The van der Waals surface area contributed by atoms with Crippen molar-refractivity contribution in [2.75, 3.05) is 32.1 Å². The number of carbonyl (C=O) groups is 1. The van der Waals surface area contributed by atoms with Crippen LogP contribution < -0.4 is 15.4 Å². The van der Waals surface area contributed by atoms with Gasteiger partial charge < -0.3 is 20.1 Å². The summed E-state index contributed by atoms with van der Waals surface area (Å²) in [6.45, 7) is 1.73. The minimum absolute atomic E-state index is 0. The highest BCUT2D eigenvalue weighted by Crippen LogP contribution is 2.18. The van der Waals surface area contributed by atoms with Gasteiger partial charge in [-0.2, -0.15) is 0 Å². The van der Waals surface area contributed by atoms with Gasteiger partial charge in [0, 0.05) is 12.3 Å². The smallest absolute Gasteiger partial charge is 0.238 e. The Balaban J connectivity index is 0.00000200. The van der Waals surface area contributed by atoms with E-state index in [4.69, 9.17) is 9.47 Å². The van der Waals surface area contributed by atoms with E-state index < -0.39 is 0 Å². The summed E-state index contributed by atoms with van der Waals surface area (Å²) in [5.41, 5.74) is 0.768. The number of nitrogens with one attached hydrogen (secondary N) is 2. The molecule has 1 heterocycles. The Kier molecular flexibility index (Phi) is 7.36. The van der Waals surface area contributed by atoms with E-state index in [0.717, 1.165) is 30.9 Å². The molecule has 0 aliphatic carbocycles. The molecular weight excluding hydrogens is 280 g/mol. The summed E-state index contributed by atoms with van der Waals surface area (Å²) in [5.74, 6) is 0.734. The van der Waals surface area contributed by atoms with Gasteiger partial charge in [-0.3, -0.25) is 4.79 Å². The number of ether oxygens (including phenoxy) is 2. The number of anilines is 1. The zero-order valence-electron chi connectivity index (χ0n) is 11.6. The van der Waals surface area contributed by atoms with E-state index >= 15 is 0 Å². The van der Waals surface area contributed by atoms with Gasteiger partial charge in [-0.15, -0.1) is 12.4 Å². The summed E-state index contributed by atoms with van der Waals surface area (Å²) in [6, 6.07) is 7.37. The second-order valence-electron chi connectivity index (χ2n) is 4.55. The van der Waals surface area contributed by atoms with Crippen LogP contribution in [0.5, 0.6) is 5.75 Å². The molecule has 2 N–H and O–H groups in total. The van der Waals surface area contributed by atoms with E-state index in [9.17, 15) is 4.79 Å². The average Bonchev–Trinajstić information content (AvgIpc) is 2.91. The predicted octanol–water partition coefficient (Wildman–Crippen LogP) is 1.82. The molecular formula is C14H21ClN2O3. The van der Waals surface area contributed by atoms with Gasteiger partial charge in [-0.1, -0.05) is 0 Å². The first-order valence-electron chi connectivity index (χ1n) is 6.57. The summed E-state index contributed by atoms with van der Waals surface area (Å²) in [6.07, 6.45) is 2.40. The quantitative estimate of drug-likeness (QED) is 0.841. The van der Waals surface area contributed by atoms with E-state index in [1.54, 1.807) is 7.05 Å². The summed E-state index contributed by atoms with van der Waals surface area (Å²) in [7, 11) is 1.74. The number of likely N-dealkylation sites (N-methyl/N-ethyl adjacent to an activating group) is 1. The molecule has 1 aliphatic rings. The molecule has 0 aromatic heterocycles. The van der Waals surface area contributed by atoms with Crippen molar-refractivity contribution in [2.45, 2.75) is 18.9 Å². The molecule has 1 saturated heterocycles. The Morgan fingerprint density at radius 1 is 1.40 bits per heavy atom. The Bertz CT molecular complexity index is 405. The third-order valence-electron chi connectivity index (χ3n) is 2.94. The number of benzene rings is 1. The van der Waals surface area contributed by atoms with Crippen LogP contribution >= 0.6 is 12.4 Å². The monoisotopic (exact) mass is 300 g/mol. The van der Waals surface area contributed by atoms with Crippen LogP contribution in [0.2, 0.25) is 0 Å². The van der Waals surface area contributed by atoms with E-state index in [2.05, 4.69) is 10.6 Å². The van der Waals surface area contributed by atoms with Crippen LogP contribution in [-0.4, -0.2) is 38.8 Å². The summed E-state index contributed by atoms with van der Waals surface area (Å²) in [4.78, 5) is 11.4. The fourth-order valence-electron chi connectivity index (χ4n) is 1.97. The molecule has 0 radical (unpaired) electrons. The van der Waals surface area contributed by atoms with Gasteiger partial charge in [0.05, 0.1) is 12.6 Å². The Morgan fingerprint density at radius 2 is 2.15 bits per heavy atom. The SMILES string of the molecule is CNCC(=O)Nc1ccc(OCC2CCCO2)cc1.Cl. The summed E-state index contributed by atoms with van der Waals surface area (Å²) in [5, 5.41) is 5.59. The Morgan fingerprint density at radius 3 is 2.75 bits per heavy atom. The minimum atomic E-state index is -0.0597. The van der Waals surface area contributed by atoms with Crippen molar-refractivity contribution in [1.29, 1.82) is 0 Å². The van der Waals surface area contributed by atoms with Crippen molar-refractivity contribution < 1.29 is 14.3 Å². The Labute approximate surface area is 125 Å². The molecule has 0 saturated carbocycles. The molecule has 1 unspecified atom stereocenters. The van der Waals surface area contributed by atoms with Gasteiger partial charge in [0.25, 0.3) is 0 Å². The van der Waals surface area contributed by atoms with Crippen molar-refractivity contribution in [2.24, 2.45) is 0 Å². The number of carbonyl (C=O) groups excluding carboxylic acids is 1. The van der Waals surface area contributed by atoms with Gasteiger partial charge in [0.1, 0.15) is 12.4 Å². The van der Waals surface area contributed by atoms with Gasteiger partial charge in [0.2, 0.25) is 5.91 Å². The van der Waals surface area contributed by atoms with E-state index in [1.165, 1.54) is 0 Å². The molecule has 1 atom stereocenters. The molecule has 2 rings (SSSR count). The lowest BCUT2D eigenvalue weighted by atomic mass is 10.2. The highest BCUT2D eigenvalue weighted by atomic mass is 35.5. The molecule has 0 spiro atoms. The maximum Gasteiger partial charge on any atom is 0.238 e. The lowest BCUT2D eigenvalue weighted by molar-refractivity contribution is -0.115. The maximum absolute atomic E-state index is 11.4. The minimum Gasteiger partial charge on any atom is -0.491 e. The Hall–Kier alpha value is -1.30. The number of amides is 1. The van der Waals surface area contributed by atoms with Crippen LogP contribution in [0.1, 0.15) is 12.8 Å². The maximum atomic E-state index is 11.4. The van der Waals surface area contributed by atoms with Crippen LogP contribution in [-0.2, 0) is 9.53 Å². The number of hydrogen-bond donors (Lipinski definition) is 2. The zero-order valence-corrected chi connectivity index (χ0v) is 12.4.